The standard InChI is InChI=1S/C29H27ClN4O4S2/c1-37-23-8-6-22(7-9-23)34-29-26(27(31-34)19-2-4-21(30)5-3-19)28(20-10-15-39-17-20)40-18-25(36)33(29)16-24(35)32-11-13-38-14-12-32/h2-10,15,17,28H,11-14,16,18H2,1H3/t28-/m0/s1. The van der Waals surface area contributed by atoms with Gasteiger partial charge in [-0.05, 0) is 58.8 Å². The number of carbonyl (C=O) groups is 2. The van der Waals surface area contributed by atoms with Gasteiger partial charge in [0, 0.05) is 29.2 Å². The van der Waals surface area contributed by atoms with E-state index in [1.165, 1.54) is 0 Å². The van der Waals surface area contributed by atoms with E-state index >= 15 is 0 Å². The van der Waals surface area contributed by atoms with Crippen LogP contribution in [0, 0.1) is 0 Å². The number of hydrogen-bond acceptors (Lipinski definition) is 7. The van der Waals surface area contributed by atoms with Crippen molar-refractivity contribution in [3.8, 4) is 22.7 Å². The first kappa shape index (κ1) is 26.9. The monoisotopic (exact) mass is 594 g/mol. The first-order chi connectivity index (χ1) is 19.5. The highest BCUT2D eigenvalue weighted by Gasteiger charge is 2.38. The molecule has 0 spiro atoms. The quantitative estimate of drug-likeness (QED) is 0.302. The average molecular weight is 595 g/mol. The number of rotatable bonds is 6. The van der Waals surface area contributed by atoms with Crippen LogP contribution in [-0.4, -0.2) is 72.2 Å². The van der Waals surface area contributed by atoms with E-state index in [9.17, 15) is 9.59 Å². The SMILES string of the molecule is COc1ccc(-n2nc(-c3ccc(Cl)cc3)c3c2N(CC(=O)N2CCOCC2)C(=O)CS[C@H]3c2ccsc2)cc1. The molecule has 1 saturated heterocycles. The maximum absolute atomic E-state index is 13.8. The second-order valence-electron chi connectivity index (χ2n) is 9.42. The molecule has 40 heavy (non-hydrogen) atoms. The van der Waals surface area contributed by atoms with Crippen LogP contribution in [0.25, 0.3) is 16.9 Å². The van der Waals surface area contributed by atoms with Gasteiger partial charge in [-0.25, -0.2) is 4.68 Å². The van der Waals surface area contributed by atoms with Crippen LogP contribution in [-0.2, 0) is 14.3 Å². The van der Waals surface area contributed by atoms with Crippen molar-refractivity contribution in [3.63, 3.8) is 0 Å². The third kappa shape index (κ3) is 5.24. The number of morpholine rings is 1. The molecule has 2 amide bonds. The summed E-state index contributed by atoms with van der Waals surface area (Å²) in [6.45, 7) is 1.92. The zero-order valence-electron chi connectivity index (χ0n) is 21.8. The lowest BCUT2D eigenvalue weighted by atomic mass is 10.0. The molecule has 0 bridgehead atoms. The lowest BCUT2D eigenvalue weighted by Crippen LogP contribution is -2.48. The first-order valence-corrected chi connectivity index (χ1v) is 15.2. The van der Waals surface area contributed by atoms with Gasteiger partial charge in [0.05, 0.1) is 42.7 Å². The number of hydrogen-bond donors (Lipinski definition) is 0. The highest BCUT2D eigenvalue weighted by atomic mass is 35.5. The molecule has 0 unspecified atom stereocenters. The van der Waals surface area contributed by atoms with Gasteiger partial charge in [0.1, 0.15) is 18.1 Å². The van der Waals surface area contributed by atoms with Crippen LogP contribution in [0.3, 0.4) is 0 Å². The summed E-state index contributed by atoms with van der Waals surface area (Å²) >= 11 is 9.41. The van der Waals surface area contributed by atoms with Gasteiger partial charge in [-0.1, -0.05) is 23.7 Å². The first-order valence-electron chi connectivity index (χ1n) is 12.9. The molecule has 2 aromatic heterocycles. The van der Waals surface area contributed by atoms with Gasteiger partial charge >= 0.3 is 0 Å². The van der Waals surface area contributed by atoms with Crippen molar-refractivity contribution < 1.29 is 19.1 Å². The molecule has 0 saturated carbocycles. The highest BCUT2D eigenvalue weighted by Crippen LogP contribution is 2.49. The predicted molar refractivity (Wildman–Crippen MR) is 159 cm³/mol. The van der Waals surface area contributed by atoms with E-state index in [4.69, 9.17) is 26.2 Å². The van der Waals surface area contributed by atoms with Crippen LogP contribution in [0.15, 0.2) is 65.4 Å². The molecule has 11 heteroatoms. The van der Waals surface area contributed by atoms with Crippen molar-refractivity contribution in [2.45, 2.75) is 5.25 Å². The summed E-state index contributed by atoms with van der Waals surface area (Å²) in [4.78, 5) is 30.7. The minimum atomic E-state index is -0.161. The van der Waals surface area contributed by atoms with Gasteiger partial charge in [-0.15, -0.1) is 11.8 Å². The Hall–Kier alpha value is -3.31. The van der Waals surface area contributed by atoms with Crippen molar-refractivity contribution >= 4 is 52.3 Å². The molecule has 0 radical (unpaired) electrons. The van der Waals surface area contributed by atoms with Crippen molar-refractivity contribution in [1.29, 1.82) is 0 Å². The van der Waals surface area contributed by atoms with Gasteiger partial charge in [-0.2, -0.15) is 16.4 Å². The Kier molecular flexibility index (Phi) is 7.84. The molecular weight excluding hydrogens is 568 g/mol. The van der Waals surface area contributed by atoms with E-state index in [2.05, 4.69) is 11.4 Å². The van der Waals surface area contributed by atoms with Crippen LogP contribution in [0.2, 0.25) is 5.02 Å². The zero-order chi connectivity index (χ0) is 27.6. The van der Waals surface area contributed by atoms with E-state index in [0.717, 1.165) is 28.1 Å². The maximum Gasteiger partial charge on any atom is 0.242 e. The molecular formula is C29H27ClN4O4S2. The van der Waals surface area contributed by atoms with Crippen molar-refractivity contribution in [3.05, 3.63) is 81.5 Å². The molecule has 0 N–H and O–H groups in total. The fraction of sp³-hybridized carbons (Fsp3) is 0.276. The van der Waals surface area contributed by atoms with Gasteiger partial charge < -0.3 is 14.4 Å². The van der Waals surface area contributed by atoms with E-state index in [-0.39, 0.29) is 29.4 Å². The Morgan fingerprint density at radius 2 is 1.85 bits per heavy atom. The lowest BCUT2D eigenvalue weighted by molar-refractivity contribution is -0.134. The Balaban J connectivity index is 1.57. The summed E-state index contributed by atoms with van der Waals surface area (Å²) in [5, 5.41) is 9.72. The largest absolute Gasteiger partial charge is 0.497 e. The van der Waals surface area contributed by atoms with Crippen LogP contribution in [0.4, 0.5) is 5.82 Å². The number of methoxy groups -OCH3 is 1. The number of ether oxygens (including phenoxy) is 2. The van der Waals surface area contributed by atoms with Crippen LogP contribution in [0.5, 0.6) is 5.75 Å². The summed E-state index contributed by atoms with van der Waals surface area (Å²) in [5.41, 5.74) is 4.36. The van der Waals surface area contributed by atoms with Crippen LogP contribution < -0.4 is 9.64 Å². The van der Waals surface area contributed by atoms with E-state index in [1.54, 1.807) is 44.7 Å². The Bertz CT molecular complexity index is 1500. The second kappa shape index (κ2) is 11.7. The third-order valence-corrected chi connectivity index (χ3v) is 9.24. The summed E-state index contributed by atoms with van der Waals surface area (Å²) in [6.07, 6.45) is 0. The van der Waals surface area contributed by atoms with E-state index in [1.807, 2.05) is 53.9 Å². The minimum absolute atomic E-state index is 0.0787. The molecule has 1 fully saturated rings. The van der Waals surface area contributed by atoms with E-state index in [0.29, 0.717) is 42.9 Å². The van der Waals surface area contributed by atoms with Gasteiger partial charge in [0.15, 0.2) is 0 Å². The third-order valence-electron chi connectivity index (χ3n) is 7.03. The minimum Gasteiger partial charge on any atom is -0.497 e. The van der Waals surface area contributed by atoms with Crippen LogP contribution in [0.1, 0.15) is 16.4 Å². The molecule has 2 aliphatic rings. The maximum atomic E-state index is 13.8. The fourth-order valence-electron chi connectivity index (χ4n) is 4.98. The molecule has 8 nitrogen and oxygen atoms in total. The van der Waals surface area contributed by atoms with Crippen molar-refractivity contribution in [2.24, 2.45) is 0 Å². The number of aromatic nitrogens is 2. The predicted octanol–water partition coefficient (Wildman–Crippen LogP) is 5.29. The summed E-state index contributed by atoms with van der Waals surface area (Å²) in [7, 11) is 1.62. The molecule has 4 aromatic rings. The summed E-state index contributed by atoms with van der Waals surface area (Å²) in [5.74, 6) is 1.29. The number of fused-ring (bicyclic) bond motifs is 1. The molecule has 4 heterocycles. The number of nitrogens with zero attached hydrogens (tertiary/aromatic N) is 4. The second-order valence-corrected chi connectivity index (χ2v) is 11.7. The van der Waals surface area contributed by atoms with Gasteiger partial charge in [-0.3, -0.25) is 14.5 Å². The molecule has 206 valence electrons. The Morgan fingerprint density at radius 3 is 2.52 bits per heavy atom. The van der Waals surface area contributed by atoms with Gasteiger partial charge in [0.25, 0.3) is 0 Å². The van der Waals surface area contributed by atoms with Crippen molar-refractivity contribution in [1.82, 2.24) is 14.7 Å². The number of thioether (sulfide) groups is 1. The summed E-state index contributed by atoms with van der Waals surface area (Å²) < 4.78 is 12.6. The smallest absolute Gasteiger partial charge is 0.242 e. The number of amides is 2. The number of halogens is 1. The molecule has 1 atom stereocenters. The number of anilines is 1. The van der Waals surface area contributed by atoms with Crippen LogP contribution >= 0.6 is 34.7 Å². The fourth-order valence-corrected chi connectivity index (χ4v) is 7.06. The van der Waals surface area contributed by atoms with E-state index < -0.39 is 0 Å². The topological polar surface area (TPSA) is 76.9 Å². The van der Waals surface area contributed by atoms with Crippen molar-refractivity contribution in [2.75, 3.05) is 50.6 Å². The molecule has 2 aromatic carbocycles. The molecule has 6 rings (SSSR count). The normalized spacial score (nSPS) is 17.4. The Morgan fingerprint density at radius 1 is 1.10 bits per heavy atom. The highest BCUT2D eigenvalue weighted by molar-refractivity contribution is 8.00. The average Bonchev–Trinajstić information content (AvgIpc) is 3.63. The number of carbonyl (C=O) groups excluding carboxylic acids is 2. The zero-order valence-corrected chi connectivity index (χ0v) is 24.2. The Labute approximate surface area is 245 Å². The lowest BCUT2D eigenvalue weighted by Gasteiger charge is -2.30. The number of benzene rings is 2. The molecule has 2 aliphatic heterocycles. The summed E-state index contributed by atoms with van der Waals surface area (Å²) in [6, 6.07) is 17.2. The van der Waals surface area contributed by atoms with Gasteiger partial charge in [0.2, 0.25) is 11.8 Å². The number of thiophene rings is 1. The molecule has 0 aliphatic carbocycles.